The standard InChI is InChI=1S/C13H25NO3/c1-6-10(15)9-17-11-7-12(2,3)14(16)13(4,5)8-11/h11,16H,6-9H2,1-5H3. The van der Waals surface area contributed by atoms with Gasteiger partial charge in [-0.15, -0.1) is 0 Å². The molecule has 1 saturated heterocycles. The van der Waals surface area contributed by atoms with Crippen LogP contribution in [0.3, 0.4) is 0 Å². The number of Topliss-reactive ketones (excluding diaryl/α,β-unsaturated/α-hetero) is 1. The second-order valence-electron chi connectivity index (χ2n) is 6.17. The van der Waals surface area contributed by atoms with Gasteiger partial charge in [0.15, 0.2) is 5.78 Å². The monoisotopic (exact) mass is 243 g/mol. The van der Waals surface area contributed by atoms with Crippen LogP contribution in [0.5, 0.6) is 0 Å². The van der Waals surface area contributed by atoms with Crippen LogP contribution in [-0.2, 0) is 9.53 Å². The third-order valence-corrected chi connectivity index (χ3v) is 3.48. The maximum absolute atomic E-state index is 11.3. The van der Waals surface area contributed by atoms with E-state index in [9.17, 15) is 10.0 Å². The van der Waals surface area contributed by atoms with Crippen molar-refractivity contribution in [1.82, 2.24) is 5.06 Å². The number of carbonyl (C=O) groups excluding carboxylic acids is 1. The highest BCUT2D eigenvalue weighted by molar-refractivity contribution is 5.79. The van der Waals surface area contributed by atoms with Gasteiger partial charge in [0.25, 0.3) is 0 Å². The van der Waals surface area contributed by atoms with E-state index in [-0.39, 0.29) is 29.6 Å². The van der Waals surface area contributed by atoms with Crippen molar-refractivity contribution in [2.24, 2.45) is 0 Å². The minimum atomic E-state index is -0.318. The van der Waals surface area contributed by atoms with E-state index >= 15 is 0 Å². The van der Waals surface area contributed by atoms with Gasteiger partial charge >= 0.3 is 0 Å². The highest BCUT2D eigenvalue weighted by Gasteiger charge is 2.45. The van der Waals surface area contributed by atoms with Crippen LogP contribution < -0.4 is 0 Å². The first-order valence-corrected chi connectivity index (χ1v) is 6.31. The number of ether oxygens (including phenoxy) is 1. The highest BCUT2D eigenvalue weighted by atomic mass is 16.5. The molecule has 0 atom stereocenters. The molecule has 1 fully saturated rings. The predicted octanol–water partition coefficient (Wildman–Crippen LogP) is 2.39. The van der Waals surface area contributed by atoms with Crippen LogP contribution in [0.25, 0.3) is 0 Å². The fourth-order valence-electron chi connectivity index (χ4n) is 2.61. The second kappa shape index (κ2) is 5.04. The third kappa shape index (κ3) is 3.50. The lowest BCUT2D eigenvalue weighted by Crippen LogP contribution is -2.60. The lowest BCUT2D eigenvalue weighted by Gasteiger charge is -2.51. The second-order valence-corrected chi connectivity index (χ2v) is 6.17. The van der Waals surface area contributed by atoms with Crippen LogP contribution in [0.4, 0.5) is 0 Å². The molecule has 0 radical (unpaired) electrons. The van der Waals surface area contributed by atoms with Gasteiger partial charge in [-0.05, 0) is 40.5 Å². The van der Waals surface area contributed by atoms with E-state index in [4.69, 9.17) is 4.74 Å². The summed E-state index contributed by atoms with van der Waals surface area (Å²) in [5.41, 5.74) is -0.636. The minimum absolute atomic E-state index is 0.0406. The molecule has 0 aromatic heterocycles. The fraction of sp³-hybridized carbons (Fsp3) is 0.923. The summed E-state index contributed by atoms with van der Waals surface area (Å²) in [6.07, 6.45) is 2.04. The van der Waals surface area contributed by atoms with Gasteiger partial charge in [0.05, 0.1) is 6.10 Å². The minimum Gasteiger partial charge on any atom is -0.370 e. The van der Waals surface area contributed by atoms with Crippen LogP contribution >= 0.6 is 0 Å². The van der Waals surface area contributed by atoms with Crippen molar-refractivity contribution in [1.29, 1.82) is 0 Å². The average molecular weight is 243 g/mol. The van der Waals surface area contributed by atoms with Crippen LogP contribution in [0.15, 0.2) is 0 Å². The van der Waals surface area contributed by atoms with E-state index in [1.54, 1.807) is 0 Å². The zero-order chi connectivity index (χ0) is 13.3. The van der Waals surface area contributed by atoms with Gasteiger partial charge in [-0.2, -0.15) is 5.06 Å². The molecular weight excluding hydrogens is 218 g/mol. The molecule has 4 nitrogen and oxygen atoms in total. The normalized spacial score (nSPS) is 24.8. The van der Waals surface area contributed by atoms with Crippen LogP contribution in [0, 0.1) is 0 Å². The largest absolute Gasteiger partial charge is 0.370 e. The van der Waals surface area contributed by atoms with Gasteiger partial charge in [0.2, 0.25) is 0 Å². The molecule has 4 heteroatoms. The molecule has 1 heterocycles. The van der Waals surface area contributed by atoms with Crippen LogP contribution in [-0.4, -0.2) is 39.8 Å². The Morgan fingerprint density at radius 2 is 1.76 bits per heavy atom. The first-order valence-electron chi connectivity index (χ1n) is 6.31. The maximum atomic E-state index is 11.3. The Morgan fingerprint density at radius 3 is 2.18 bits per heavy atom. The highest BCUT2D eigenvalue weighted by Crippen LogP contribution is 2.37. The van der Waals surface area contributed by atoms with Crippen molar-refractivity contribution >= 4 is 5.78 Å². The smallest absolute Gasteiger partial charge is 0.158 e. The number of rotatable bonds is 4. The van der Waals surface area contributed by atoms with Crippen LogP contribution in [0.2, 0.25) is 0 Å². The summed E-state index contributed by atoms with van der Waals surface area (Å²) in [6, 6.07) is 0. The lowest BCUT2D eigenvalue weighted by atomic mass is 9.80. The number of hydrogen-bond acceptors (Lipinski definition) is 4. The first kappa shape index (κ1) is 14.6. The molecule has 0 spiro atoms. The van der Waals surface area contributed by atoms with Crippen molar-refractivity contribution < 1.29 is 14.7 Å². The Balaban J connectivity index is 2.62. The molecule has 0 aromatic rings. The Morgan fingerprint density at radius 1 is 1.29 bits per heavy atom. The maximum Gasteiger partial charge on any atom is 0.158 e. The van der Waals surface area contributed by atoms with Crippen molar-refractivity contribution in [2.45, 2.75) is 71.1 Å². The number of piperidine rings is 1. The number of nitrogens with zero attached hydrogens (tertiary/aromatic N) is 1. The lowest BCUT2D eigenvalue weighted by molar-refractivity contribution is -0.260. The van der Waals surface area contributed by atoms with Gasteiger partial charge < -0.3 is 9.94 Å². The average Bonchev–Trinajstić information content (AvgIpc) is 2.21. The molecular formula is C13H25NO3. The molecule has 0 bridgehead atoms. The molecule has 0 unspecified atom stereocenters. The zero-order valence-electron chi connectivity index (χ0n) is 11.6. The van der Waals surface area contributed by atoms with Crippen molar-refractivity contribution in [3.05, 3.63) is 0 Å². The van der Waals surface area contributed by atoms with Gasteiger partial charge in [0, 0.05) is 17.5 Å². The molecule has 1 N–H and O–H groups in total. The van der Waals surface area contributed by atoms with E-state index in [0.717, 1.165) is 12.8 Å². The summed E-state index contributed by atoms with van der Waals surface area (Å²) in [5, 5.41) is 11.5. The number of hydroxylamine groups is 2. The van der Waals surface area contributed by atoms with E-state index in [1.807, 2.05) is 34.6 Å². The SMILES string of the molecule is CCC(=O)COC1CC(C)(C)N(O)C(C)(C)C1. The Bertz CT molecular complexity index is 268. The third-order valence-electron chi connectivity index (χ3n) is 3.48. The molecule has 17 heavy (non-hydrogen) atoms. The first-order chi connectivity index (χ1) is 7.69. The molecule has 0 amide bonds. The van der Waals surface area contributed by atoms with E-state index in [2.05, 4.69) is 0 Å². The van der Waals surface area contributed by atoms with Crippen molar-refractivity contribution in [3.63, 3.8) is 0 Å². The van der Waals surface area contributed by atoms with Gasteiger partial charge in [-0.25, -0.2) is 0 Å². The number of carbonyl (C=O) groups is 1. The van der Waals surface area contributed by atoms with Gasteiger partial charge in [-0.3, -0.25) is 4.79 Å². The predicted molar refractivity (Wildman–Crippen MR) is 66.1 cm³/mol. The summed E-state index contributed by atoms with van der Waals surface area (Å²) in [7, 11) is 0. The molecule has 0 aromatic carbocycles. The van der Waals surface area contributed by atoms with E-state index < -0.39 is 0 Å². The Hall–Kier alpha value is -0.450. The molecule has 0 saturated carbocycles. The Labute approximate surface area is 104 Å². The molecule has 1 aliphatic heterocycles. The van der Waals surface area contributed by atoms with Gasteiger partial charge in [-0.1, -0.05) is 6.92 Å². The molecule has 100 valence electrons. The fourth-order valence-corrected chi connectivity index (χ4v) is 2.61. The molecule has 1 aliphatic rings. The zero-order valence-corrected chi connectivity index (χ0v) is 11.6. The molecule has 1 rings (SSSR count). The summed E-state index contributed by atoms with van der Waals surface area (Å²) in [6.45, 7) is 10.0. The summed E-state index contributed by atoms with van der Waals surface area (Å²) >= 11 is 0. The number of ketones is 1. The van der Waals surface area contributed by atoms with E-state index in [1.165, 1.54) is 5.06 Å². The summed E-state index contributed by atoms with van der Waals surface area (Å²) < 4.78 is 5.67. The van der Waals surface area contributed by atoms with Crippen molar-refractivity contribution in [3.8, 4) is 0 Å². The quantitative estimate of drug-likeness (QED) is 0.823. The number of hydrogen-bond donors (Lipinski definition) is 1. The molecule has 0 aliphatic carbocycles. The van der Waals surface area contributed by atoms with Crippen molar-refractivity contribution in [2.75, 3.05) is 6.61 Å². The van der Waals surface area contributed by atoms with Crippen LogP contribution in [0.1, 0.15) is 53.9 Å². The van der Waals surface area contributed by atoms with E-state index in [0.29, 0.717) is 6.42 Å². The Kier molecular flexibility index (Phi) is 4.33. The topological polar surface area (TPSA) is 49.8 Å². The summed E-state index contributed by atoms with van der Waals surface area (Å²) in [4.78, 5) is 11.3. The summed E-state index contributed by atoms with van der Waals surface area (Å²) in [5.74, 6) is 0.132. The van der Waals surface area contributed by atoms with Gasteiger partial charge in [0.1, 0.15) is 6.61 Å².